The molecule has 172 valence electrons. The molecular formula is C24H30N6O2Si. The van der Waals surface area contributed by atoms with Gasteiger partial charge in [0, 0.05) is 47.5 Å². The third-order valence-electron chi connectivity index (χ3n) is 8.10. The SMILES string of the molecule is C[C@@H]1OCC2(CCN(c3nc4cnn(-c5cccc6c5ccn6C)c4nc3CO)CC2)C1[SiH3]. The van der Waals surface area contributed by atoms with Gasteiger partial charge in [0.2, 0.25) is 0 Å². The lowest BCUT2D eigenvalue weighted by Gasteiger charge is -2.42. The van der Waals surface area contributed by atoms with Crippen LogP contribution in [0, 0.1) is 5.41 Å². The van der Waals surface area contributed by atoms with Crippen molar-refractivity contribution in [3.63, 3.8) is 0 Å². The van der Waals surface area contributed by atoms with E-state index < -0.39 is 0 Å². The Bertz CT molecular complexity index is 1340. The summed E-state index contributed by atoms with van der Waals surface area (Å²) in [7, 11) is 3.20. The second kappa shape index (κ2) is 7.65. The van der Waals surface area contributed by atoms with E-state index in [2.05, 4.69) is 33.6 Å². The molecule has 33 heavy (non-hydrogen) atoms. The molecule has 0 bridgehead atoms. The fraction of sp³-hybridized carbons (Fsp3) is 0.458. The largest absolute Gasteiger partial charge is 0.390 e. The van der Waals surface area contributed by atoms with Crippen LogP contribution in [0.5, 0.6) is 0 Å². The van der Waals surface area contributed by atoms with Gasteiger partial charge in [0.05, 0.1) is 31.2 Å². The summed E-state index contributed by atoms with van der Waals surface area (Å²) in [5, 5.41) is 15.9. The fourth-order valence-corrected chi connectivity index (χ4v) is 6.65. The van der Waals surface area contributed by atoms with Crippen molar-refractivity contribution in [2.24, 2.45) is 12.5 Å². The predicted molar refractivity (Wildman–Crippen MR) is 132 cm³/mol. The lowest BCUT2D eigenvalue weighted by atomic mass is 9.76. The number of benzene rings is 1. The van der Waals surface area contributed by atoms with E-state index in [-0.39, 0.29) is 6.61 Å². The summed E-state index contributed by atoms with van der Waals surface area (Å²) in [5.74, 6) is 0.786. The lowest BCUT2D eigenvalue weighted by molar-refractivity contribution is 0.0975. The van der Waals surface area contributed by atoms with Gasteiger partial charge >= 0.3 is 0 Å². The number of anilines is 1. The topological polar surface area (TPSA) is 81.2 Å². The minimum atomic E-state index is -0.149. The summed E-state index contributed by atoms with van der Waals surface area (Å²) in [4.78, 5) is 12.1. The number of aliphatic hydroxyl groups is 1. The molecule has 2 aliphatic rings. The highest BCUT2D eigenvalue weighted by Crippen LogP contribution is 2.49. The molecular weight excluding hydrogens is 432 g/mol. The van der Waals surface area contributed by atoms with Crippen molar-refractivity contribution in [1.29, 1.82) is 0 Å². The zero-order valence-corrected chi connectivity index (χ0v) is 21.4. The van der Waals surface area contributed by atoms with Crippen LogP contribution in [-0.2, 0) is 18.4 Å². The standard InChI is InChI=1S/C24H30N6O2Si/c1-15-21(33)24(14-32-15)7-10-29(11-8-24)22-18(13-31)27-23-17(26-22)12-25-30(23)20-5-3-4-19-16(20)6-9-28(19)2/h3-6,9,12,15,21,31H,7-8,10-11,13-14H2,1-2,33H3/t15-,21?/m0/s1. The van der Waals surface area contributed by atoms with Gasteiger partial charge in [-0.15, -0.1) is 0 Å². The minimum absolute atomic E-state index is 0.149. The maximum atomic E-state index is 10.2. The number of rotatable bonds is 3. The number of nitrogens with zero attached hydrogens (tertiary/aromatic N) is 6. The molecule has 1 unspecified atom stereocenters. The van der Waals surface area contributed by atoms with Crippen molar-refractivity contribution in [2.45, 2.75) is 38.0 Å². The van der Waals surface area contributed by atoms with Crippen LogP contribution in [0.2, 0.25) is 5.54 Å². The molecule has 1 N–H and O–H groups in total. The van der Waals surface area contributed by atoms with Crippen LogP contribution in [0.1, 0.15) is 25.5 Å². The van der Waals surface area contributed by atoms with Crippen LogP contribution in [0.15, 0.2) is 36.7 Å². The molecule has 2 aliphatic heterocycles. The van der Waals surface area contributed by atoms with Crippen LogP contribution in [0.25, 0.3) is 27.8 Å². The van der Waals surface area contributed by atoms with E-state index in [1.54, 1.807) is 6.20 Å². The monoisotopic (exact) mass is 462 g/mol. The van der Waals surface area contributed by atoms with E-state index in [4.69, 9.17) is 14.7 Å². The van der Waals surface area contributed by atoms with Gasteiger partial charge in [0.1, 0.15) is 11.2 Å². The summed E-state index contributed by atoms with van der Waals surface area (Å²) < 4.78 is 9.94. The maximum absolute atomic E-state index is 10.2. The number of aryl methyl sites for hydroxylation is 1. The third-order valence-corrected chi connectivity index (χ3v) is 10.3. The number of ether oxygens (including phenoxy) is 1. The molecule has 0 aliphatic carbocycles. The Balaban J connectivity index is 1.36. The zero-order chi connectivity index (χ0) is 22.7. The molecule has 4 aromatic rings. The van der Waals surface area contributed by atoms with Gasteiger partial charge in [-0.2, -0.15) is 5.10 Å². The molecule has 0 saturated carbocycles. The number of piperidine rings is 1. The van der Waals surface area contributed by atoms with E-state index in [0.29, 0.717) is 28.4 Å². The quantitative estimate of drug-likeness (QED) is 0.469. The van der Waals surface area contributed by atoms with E-state index in [1.807, 2.05) is 30.1 Å². The average molecular weight is 463 g/mol. The van der Waals surface area contributed by atoms with Crippen molar-refractivity contribution < 1.29 is 9.84 Å². The first-order valence-corrected chi connectivity index (χ1v) is 12.9. The molecule has 1 spiro atoms. The number of hydrogen-bond donors (Lipinski definition) is 1. The van der Waals surface area contributed by atoms with Gasteiger partial charge in [-0.3, -0.25) is 0 Å². The Hall–Kier alpha value is -2.75. The van der Waals surface area contributed by atoms with Crippen molar-refractivity contribution in [2.75, 3.05) is 24.6 Å². The van der Waals surface area contributed by atoms with Crippen molar-refractivity contribution in [3.05, 3.63) is 42.4 Å². The number of aromatic nitrogens is 5. The summed E-state index contributed by atoms with van der Waals surface area (Å²) in [6.45, 7) is 4.78. The van der Waals surface area contributed by atoms with Crippen molar-refractivity contribution >= 4 is 38.1 Å². The predicted octanol–water partition coefficient (Wildman–Crippen LogP) is 1.96. The summed E-state index contributed by atoms with van der Waals surface area (Å²) in [6, 6.07) is 8.26. The minimum Gasteiger partial charge on any atom is -0.390 e. The van der Waals surface area contributed by atoms with E-state index in [0.717, 1.165) is 70.7 Å². The number of aliphatic hydroxyl groups excluding tert-OH is 1. The smallest absolute Gasteiger partial charge is 0.182 e. The number of fused-ring (bicyclic) bond motifs is 2. The van der Waals surface area contributed by atoms with Gasteiger partial charge < -0.3 is 19.3 Å². The second-order valence-electron chi connectivity index (χ2n) is 9.71. The third kappa shape index (κ3) is 3.13. The zero-order valence-electron chi connectivity index (χ0n) is 19.4. The van der Waals surface area contributed by atoms with Gasteiger partial charge in [-0.05, 0) is 48.9 Å². The molecule has 0 amide bonds. The lowest BCUT2D eigenvalue weighted by Crippen LogP contribution is -2.43. The van der Waals surface area contributed by atoms with E-state index in [1.165, 1.54) is 0 Å². The maximum Gasteiger partial charge on any atom is 0.182 e. The highest BCUT2D eigenvalue weighted by molar-refractivity contribution is 6.12. The molecule has 1 aromatic carbocycles. The van der Waals surface area contributed by atoms with E-state index in [9.17, 15) is 5.11 Å². The fourth-order valence-electron chi connectivity index (χ4n) is 5.71. The molecule has 5 heterocycles. The second-order valence-corrected chi connectivity index (χ2v) is 11.0. The van der Waals surface area contributed by atoms with Gasteiger partial charge in [-0.1, -0.05) is 6.07 Å². The molecule has 9 heteroatoms. The van der Waals surface area contributed by atoms with Gasteiger partial charge in [0.15, 0.2) is 11.5 Å². The highest BCUT2D eigenvalue weighted by atomic mass is 28.1. The summed E-state index contributed by atoms with van der Waals surface area (Å²) in [6.07, 6.45) is 6.41. The summed E-state index contributed by atoms with van der Waals surface area (Å²) >= 11 is 0. The van der Waals surface area contributed by atoms with Crippen LogP contribution >= 0.6 is 0 Å². The van der Waals surface area contributed by atoms with Crippen LogP contribution in [0.4, 0.5) is 5.82 Å². The molecule has 2 saturated heterocycles. The Kier molecular flexibility index (Phi) is 4.82. The molecule has 8 nitrogen and oxygen atoms in total. The Morgan fingerprint density at radius 3 is 2.76 bits per heavy atom. The Labute approximate surface area is 195 Å². The molecule has 2 fully saturated rings. The first-order valence-electron chi connectivity index (χ1n) is 11.8. The molecule has 3 aromatic heterocycles. The molecule has 0 radical (unpaired) electrons. The summed E-state index contributed by atoms with van der Waals surface area (Å²) in [5.41, 5.74) is 5.14. The van der Waals surface area contributed by atoms with Crippen LogP contribution in [-0.4, -0.2) is 65.5 Å². The Morgan fingerprint density at radius 2 is 2.03 bits per heavy atom. The van der Waals surface area contributed by atoms with Crippen molar-refractivity contribution in [3.8, 4) is 5.69 Å². The van der Waals surface area contributed by atoms with Gasteiger partial charge in [-0.25, -0.2) is 14.6 Å². The Morgan fingerprint density at radius 1 is 1.21 bits per heavy atom. The average Bonchev–Trinajstić information content (AvgIpc) is 3.51. The van der Waals surface area contributed by atoms with Crippen molar-refractivity contribution in [1.82, 2.24) is 24.3 Å². The van der Waals surface area contributed by atoms with Gasteiger partial charge in [0.25, 0.3) is 0 Å². The highest BCUT2D eigenvalue weighted by Gasteiger charge is 2.47. The van der Waals surface area contributed by atoms with Crippen LogP contribution in [0.3, 0.4) is 0 Å². The first-order chi connectivity index (χ1) is 16.0. The van der Waals surface area contributed by atoms with E-state index >= 15 is 0 Å². The van der Waals surface area contributed by atoms with Crippen LogP contribution < -0.4 is 4.90 Å². The molecule has 6 rings (SSSR count). The number of hydrogen-bond acceptors (Lipinski definition) is 6. The normalized spacial score (nSPS) is 22.8. The molecule has 2 atom stereocenters. The first kappa shape index (κ1) is 20.8.